The van der Waals surface area contributed by atoms with Crippen LogP contribution in [0.1, 0.15) is 31.6 Å². The summed E-state index contributed by atoms with van der Waals surface area (Å²) in [6.07, 6.45) is 1.67. The van der Waals surface area contributed by atoms with Gasteiger partial charge in [0.15, 0.2) is 5.58 Å². The van der Waals surface area contributed by atoms with Gasteiger partial charge in [-0.05, 0) is 43.2 Å². The van der Waals surface area contributed by atoms with E-state index in [0.29, 0.717) is 23.2 Å². The van der Waals surface area contributed by atoms with E-state index in [9.17, 15) is 4.79 Å². The Labute approximate surface area is 167 Å². The molecule has 0 aliphatic carbocycles. The minimum atomic E-state index is 0.116. The number of benzene rings is 2. The largest absolute Gasteiger partial charge is 0.436 e. The highest BCUT2D eigenvalue weighted by Crippen LogP contribution is 2.30. The Kier molecular flexibility index (Phi) is 4.35. The van der Waals surface area contributed by atoms with Crippen LogP contribution in [0.15, 0.2) is 57.5 Å². The lowest BCUT2D eigenvalue weighted by Gasteiger charge is -2.29. The van der Waals surface area contributed by atoms with Gasteiger partial charge in [0.2, 0.25) is 23.5 Å². The standard InChI is InChI=1S/C22H20N4O3/c1-14(27)26-11-9-16(10-12-26)22-24-20(25-29-22)17-7-8-19-18(13-17)23-21(28-19)15-5-3-2-4-6-15/h2-8,13,16H,9-12H2,1H3. The third-order valence-corrected chi connectivity index (χ3v) is 5.40. The van der Waals surface area contributed by atoms with Crippen LogP contribution in [-0.4, -0.2) is 39.0 Å². The number of hydrogen-bond donors (Lipinski definition) is 0. The number of aromatic nitrogens is 3. The highest BCUT2D eigenvalue weighted by molar-refractivity contribution is 5.81. The van der Waals surface area contributed by atoms with Gasteiger partial charge in [0.25, 0.3) is 0 Å². The van der Waals surface area contributed by atoms with Crippen molar-refractivity contribution in [2.24, 2.45) is 0 Å². The summed E-state index contributed by atoms with van der Waals surface area (Å²) in [5, 5.41) is 4.16. The van der Waals surface area contributed by atoms with Crippen LogP contribution < -0.4 is 0 Å². The molecule has 7 heteroatoms. The maximum absolute atomic E-state index is 11.5. The molecule has 0 atom stereocenters. The number of fused-ring (bicyclic) bond motifs is 1. The molecule has 2 aromatic heterocycles. The summed E-state index contributed by atoms with van der Waals surface area (Å²) in [6, 6.07) is 15.5. The molecule has 0 radical (unpaired) electrons. The molecule has 1 aliphatic heterocycles. The Morgan fingerprint density at radius 1 is 1.03 bits per heavy atom. The lowest BCUT2D eigenvalue weighted by Crippen LogP contribution is -2.36. The number of nitrogens with zero attached hydrogens (tertiary/aromatic N) is 4. The zero-order valence-corrected chi connectivity index (χ0v) is 16.0. The van der Waals surface area contributed by atoms with E-state index in [1.165, 1.54) is 0 Å². The lowest BCUT2D eigenvalue weighted by molar-refractivity contribution is -0.129. The van der Waals surface area contributed by atoms with Gasteiger partial charge < -0.3 is 13.8 Å². The van der Waals surface area contributed by atoms with E-state index in [4.69, 9.17) is 8.94 Å². The van der Waals surface area contributed by atoms with Crippen LogP contribution in [0.5, 0.6) is 0 Å². The summed E-state index contributed by atoms with van der Waals surface area (Å²) in [5.74, 6) is 2.06. The van der Waals surface area contributed by atoms with Crippen LogP contribution in [0.4, 0.5) is 0 Å². The molecule has 0 bridgehead atoms. The van der Waals surface area contributed by atoms with Gasteiger partial charge in [0.1, 0.15) is 5.52 Å². The fraction of sp³-hybridized carbons (Fsp3) is 0.273. The molecule has 146 valence electrons. The van der Waals surface area contributed by atoms with Crippen molar-refractivity contribution in [2.45, 2.75) is 25.7 Å². The average Bonchev–Trinajstić information content (AvgIpc) is 3.41. The third kappa shape index (κ3) is 3.40. The molecule has 0 N–H and O–H groups in total. The van der Waals surface area contributed by atoms with Crippen molar-refractivity contribution >= 4 is 17.0 Å². The topological polar surface area (TPSA) is 85.3 Å². The molecule has 3 heterocycles. The summed E-state index contributed by atoms with van der Waals surface area (Å²) in [4.78, 5) is 22.6. The first-order valence-electron chi connectivity index (χ1n) is 9.73. The monoisotopic (exact) mass is 388 g/mol. The van der Waals surface area contributed by atoms with Crippen molar-refractivity contribution in [3.05, 3.63) is 54.4 Å². The van der Waals surface area contributed by atoms with E-state index in [1.54, 1.807) is 6.92 Å². The number of oxazole rings is 1. The molecule has 29 heavy (non-hydrogen) atoms. The van der Waals surface area contributed by atoms with Gasteiger partial charge in [0.05, 0.1) is 0 Å². The number of hydrogen-bond acceptors (Lipinski definition) is 6. The lowest BCUT2D eigenvalue weighted by atomic mass is 9.97. The van der Waals surface area contributed by atoms with Crippen LogP contribution >= 0.6 is 0 Å². The van der Waals surface area contributed by atoms with Gasteiger partial charge in [0, 0.05) is 37.1 Å². The highest BCUT2D eigenvalue weighted by atomic mass is 16.5. The molecule has 1 fully saturated rings. The third-order valence-electron chi connectivity index (χ3n) is 5.40. The van der Waals surface area contributed by atoms with Crippen LogP contribution in [0.2, 0.25) is 0 Å². The minimum Gasteiger partial charge on any atom is -0.436 e. The molecule has 0 unspecified atom stereocenters. The maximum Gasteiger partial charge on any atom is 0.230 e. The number of amides is 1. The molecule has 7 nitrogen and oxygen atoms in total. The Hall–Kier alpha value is -3.48. The van der Waals surface area contributed by atoms with E-state index in [2.05, 4.69) is 15.1 Å². The van der Waals surface area contributed by atoms with Gasteiger partial charge in [-0.3, -0.25) is 4.79 Å². The summed E-state index contributed by atoms with van der Waals surface area (Å²) in [5.41, 5.74) is 3.24. The van der Waals surface area contributed by atoms with Crippen molar-refractivity contribution < 1.29 is 13.7 Å². The Balaban J connectivity index is 1.38. The molecular formula is C22H20N4O3. The minimum absolute atomic E-state index is 0.116. The average molecular weight is 388 g/mol. The fourth-order valence-electron chi connectivity index (χ4n) is 3.73. The number of carbonyl (C=O) groups excluding carboxylic acids is 1. The van der Waals surface area contributed by atoms with Crippen LogP contribution in [0.3, 0.4) is 0 Å². The SMILES string of the molecule is CC(=O)N1CCC(c2nc(-c3ccc4oc(-c5ccccc5)nc4c3)no2)CC1. The van der Waals surface area contributed by atoms with E-state index in [0.717, 1.165) is 42.6 Å². The number of carbonyl (C=O) groups is 1. The molecular weight excluding hydrogens is 368 g/mol. The first-order valence-corrected chi connectivity index (χ1v) is 9.73. The number of likely N-dealkylation sites (tertiary alicyclic amines) is 1. The highest BCUT2D eigenvalue weighted by Gasteiger charge is 2.26. The summed E-state index contributed by atoms with van der Waals surface area (Å²) < 4.78 is 11.4. The quantitative estimate of drug-likeness (QED) is 0.521. The zero-order chi connectivity index (χ0) is 19.8. The number of piperidine rings is 1. The Morgan fingerprint density at radius 3 is 2.59 bits per heavy atom. The normalized spacial score (nSPS) is 15.1. The van der Waals surface area contributed by atoms with Gasteiger partial charge in [-0.1, -0.05) is 23.4 Å². The molecule has 2 aromatic carbocycles. The van der Waals surface area contributed by atoms with Crippen LogP contribution in [0.25, 0.3) is 33.9 Å². The van der Waals surface area contributed by atoms with Crippen LogP contribution in [0, 0.1) is 0 Å². The Bertz CT molecular complexity index is 1160. The molecule has 1 aliphatic rings. The molecule has 0 spiro atoms. The molecule has 4 aromatic rings. The molecule has 1 amide bonds. The second-order valence-electron chi connectivity index (χ2n) is 7.30. The van der Waals surface area contributed by atoms with Crippen molar-refractivity contribution in [1.82, 2.24) is 20.0 Å². The van der Waals surface area contributed by atoms with Gasteiger partial charge >= 0.3 is 0 Å². The van der Waals surface area contributed by atoms with Crippen molar-refractivity contribution in [2.75, 3.05) is 13.1 Å². The van der Waals surface area contributed by atoms with E-state index >= 15 is 0 Å². The zero-order valence-electron chi connectivity index (χ0n) is 16.0. The summed E-state index contributed by atoms with van der Waals surface area (Å²) in [7, 11) is 0. The van der Waals surface area contributed by atoms with Crippen molar-refractivity contribution in [3.8, 4) is 22.8 Å². The number of rotatable bonds is 3. The van der Waals surface area contributed by atoms with Crippen molar-refractivity contribution in [1.29, 1.82) is 0 Å². The van der Waals surface area contributed by atoms with Crippen molar-refractivity contribution in [3.63, 3.8) is 0 Å². The summed E-state index contributed by atoms with van der Waals surface area (Å²) >= 11 is 0. The predicted octanol–water partition coefficient (Wildman–Crippen LogP) is 4.27. The summed E-state index contributed by atoms with van der Waals surface area (Å²) in [6.45, 7) is 3.06. The van der Waals surface area contributed by atoms with Gasteiger partial charge in [-0.2, -0.15) is 4.98 Å². The second-order valence-corrected chi connectivity index (χ2v) is 7.30. The van der Waals surface area contributed by atoms with Gasteiger partial charge in [-0.25, -0.2) is 4.98 Å². The van der Waals surface area contributed by atoms with E-state index in [1.807, 2.05) is 53.4 Å². The van der Waals surface area contributed by atoms with E-state index < -0.39 is 0 Å². The smallest absolute Gasteiger partial charge is 0.230 e. The van der Waals surface area contributed by atoms with E-state index in [-0.39, 0.29) is 11.8 Å². The molecule has 5 rings (SSSR count). The first-order chi connectivity index (χ1) is 14.2. The fourth-order valence-corrected chi connectivity index (χ4v) is 3.73. The Morgan fingerprint density at radius 2 is 1.83 bits per heavy atom. The predicted molar refractivity (Wildman–Crippen MR) is 107 cm³/mol. The molecule has 1 saturated heterocycles. The van der Waals surface area contributed by atoms with Gasteiger partial charge in [-0.15, -0.1) is 0 Å². The molecule has 0 saturated carbocycles. The maximum atomic E-state index is 11.5. The van der Waals surface area contributed by atoms with Crippen LogP contribution in [-0.2, 0) is 4.79 Å². The second kappa shape index (κ2) is 7.16. The first kappa shape index (κ1) is 17.6.